The summed E-state index contributed by atoms with van der Waals surface area (Å²) in [5, 5.41) is 8.53. The summed E-state index contributed by atoms with van der Waals surface area (Å²) >= 11 is 0. The Morgan fingerprint density at radius 1 is 1.29 bits per heavy atom. The third-order valence-corrected chi connectivity index (χ3v) is 6.13. The van der Waals surface area contributed by atoms with E-state index in [2.05, 4.69) is 43.3 Å². The topological polar surface area (TPSA) is 78.3 Å². The van der Waals surface area contributed by atoms with Gasteiger partial charge in [-0.25, -0.2) is 9.67 Å². The van der Waals surface area contributed by atoms with Gasteiger partial charge in [0.25, 0.3) is 0 Å². The lowest BCUT2D eigenvalue weighted by Crippen LogP contribution is -2.32. The van der Waals surface area contributed by atoms with Crippen molar-refractivity contribution in [3.63, 3.8) is 0 Å². The number of nitrogens with one attached hydrogen (secondary N) is 1. The van der Waals surface area contributed by atoms with Crippen LogP contribution < -0.4 is 14.8 Å². The van der Waals surface area contributed by atoms with Crippen molar-refractivity contribution in [2.24, 2.45) is 7.05 Å². The quantitative estimate of drug-likeness (QED) is 0.677. The second-order valence-corrected chi connectivity index (χ2v) is 8.39. The maximum atomic E-state index is 12.9. The molecule has 2 aromatic heterocycles. The molecule has 31 heavy (non-hydrogen) atoms. The van der Waals surface area contributed by atoms with E-state index in [-0.39, 0.29) is 11.9 Å². The number of amides is 1. The van der Waals surface area contributed by atoms with Gasteiger partial charge in [-0.2, -0.15) is 0 Å². The van der Waals surface area contributed by atoms with Crippen LogP contribution in [0.25, 0.3) is 11.0 Å². The summed E-state index contributed by atoms with van der Waals surface area (Å²) in [4.78, 5) is 17.6. The van der Waals surface area contributed by atoms with Gasteiger partial charge in [-0.15, -0.1) is 5.10 Å². The molecule has 1 amide bonds. The van der Waals surface area contributed by atoms with Crippen LogP contribution in [0.2, 0.25) is 0 Å². The molecule has 164 valence electrons. The Bertz CT molecular complexity index is 1170. The summed E-state index contributed by atoms with van der Waals surface area (Å²) in [5.41, 5.74) is 7.24. The largest absolute Gasteiger partial charge is 0.493 e. The molecule has 1 unspecified atom stereocenters. The average molecular weight is 423 g/mol. The van der Waals surface area contributed by atoms with E-state index in [4.69, 9.17) is 14.5 Å². The van der Waals surface area contributed by atoms with Gasteiger partial charge in [-0.05, 0) is 50.8 Å². The van der Waals surface area contributed by atoms with Crippen LogP contribution in [-0.2, 0) is 18.3 Å². The summed E-state index contributed by atoms with van der Waals surface area (Å²) in [6.45, 7) is 8.77. The molecule has 0 bridgehead atoms. The Morgan fingerprint density at radius 3 is 2.81 bits per heavy atom. The van der Waals surface area contributed by atoms with E-state index in [0.717, 1.165) is 51.2 Å². The van der Waals surface area contributed by atoms with Crippen molar-refractivity contribution in [1.82, 2.24) is 20.1 Å². The van der Waals surface area contributed by atoms with E-state index in [1.165, 1.54) is 5.56 Å². The fraction of sp³-hybridized carbons (Fsp3) is 0.458. The first-order valence-corrected chi connectivity index (χ1v) is 10.7. The maximum Gasteiger partial charge on any atom is 0.242 e. The monoisotopic (exact) mass is 422 g/mol. The maximum absolute atomic E-state index is 12.9. The fourth-order valence-electron chi connectivity index (χ4n) is 4.64. The Morgan fingerprint density at radius 2 is 2.06 bits per heavy atom. The van der Waals surface area contributed by atoms with E-state index in [9.17, 15) is 4.79 Å². The van der Waals surface area contributed by atoms with Crippen LogP contribution >= 0.6 is 0 Å². The average Bonchev–Trinajstić information content (AvgIpc) is 3.04. The molecule has 0 aliphatic carbocycles. The number of aromatic nitrogens is 3. The van der Waals surface area contributed by atoms with E-state index < -0.39 is 0 Å². The predicted octanol–water partition coefficient (Wildman–Crippen LogP) is 3.78. The highest BCUT2D eigenvalue weighted by Crippen LogP contribution is 2.36. The molecule has 1 aliphatic heterocycles. The van der Waals surface area contributed by atoms with Gasteiger partial charge < -0.3 is 14.8 Å². The number of hydrogen-bond acceptors (Lipinski definition) is 5. The molecule has 1 aromatic carbocycles. The molecule has 3 heterocycles. The molecular formula is C24H30N4O3. The molecule has 0 fully saturated rings. The minimum Gasteiger partial charge on any atom is -0.493 e. The minimum absolute atomic E-state index is 0.0175. The van der Waals surface area contributed by atoms with Crippen molar-refractivity contribution in [3.05, 3.63) is 45.6 Å². The second-order valence-electron chi connectivity index (χ2n) is 8.39. The van der Waals surface area contributed by atoms with Gasteiger partial charge in [-0.1, -0.05) is 17.7 Å². The standard InChI is InChI=1S/C24H30N4O3/c1-13-11-14(2)22-18(12-13)19(9-10-31-22)26-20(29)8-7-17-15(3)21-23(25-16(17)4)28(5)27-24(21)30-6/h11-12,19H,7-10H2,1-6H3,(H,26,29). The van der Waals surface area contributed by atoms with Crippen molar-refractivity contribution in [2.45, 2.75) is 53.0 Å². The minimum atomic E-state index is -0.0175. The number of ether oxygens (including phenoxy) is 2. The van der Waals surface area contributed by atoms with Crippen LogP contribution in [0, 0.1) is 27.7 Å². The molecule has 0 saturated heterocycles. The van der Waals surface area contributed by atoms with E-state index in [1.807, 2.05) is 14.0 Å². The predicted molar refractivity (Wildman–Crippen MR) is 120 cm³/mol. The summed E-state index contributed by atoms with van der Waals surface area (Å²) in [6, 6.07) is 4.22. The van der Waals surface area contributed by atoms with Gasteiger partial charge in [0.15, 0.2) is 5.65 Å². The van der Waals surface area contributed by atoms with Crippen LogP contribution in [0.15, 0.2) is 12.1 Å². The number of rotatable bonds is 5. The van der Waals surface area contributed by atoms with E-state index in [0.29, 0.717) is 25.3 Å². The zero-order valence-corrected chi connectivity index (χ0v) is 19.1. The molecule has 7 heteroatoms. The van der Waals surface area contributed by atoms with E-state index in [1.54, 1.807) is 11.8 Å². The van der Waals surface area contributed by atoms with E-state index >= 15 is 0 Å². The zero-order chi connectivity index (χ0) is 22.3. The lowest BCUT2D eigenvalue weighted by atomic mass is 9.95. The van der Waals surface area contributed by atoms with Crippen molar-refractivity contribution in [3.8, 4) is 11.6 Å². The molecule has 4 rings (SSSR count). The molecule has 0 radical (unpaired) electrons. The summed E-state index contributed by atoms with van der Waals surface area (Å²) < 4.78 is 13.0. The lowest BCUT2D eigenvalue weighted by Gasteiger charge is -2.28. The molecule has 0 spiro atoms. The van der Waals surface area contributed by atoms with Gasteiger partial charge in [0.2, 0.25) is 11.8 Å². The Kier molecular flexibility index (Phi) is 5.60. The first-order valence-electron chi connectivity index (χ1n) is 10.7. The Balaban J connectivity index is 1.52. The third-order valence-electron chi connectivity index (χ3n) is 6.13. The normalized spacial score (nSPS) is 15.5. The number of carbonyl (C=O) groups is 1. The SMILES string of the molecule is COc1nn(C)c2nc(C)c(CCC(=O)NC3CCOc4c(C)cc(C)cc43)c(C)c12. The van der Waals surface area contributed by atoms with Crippen molar-refractivity contribution in [2.75, 3.05) is 13.7 Å². The van der Waals surface area contributed by atoms with Crippen LogP contribution in [0.1, 0.15) is 52.4 Å². The molecule has 1 atom stereocenters. The first-order chi connectivity index (χ1) is 14.8. The molecular weight excluding hydrogens is 392 g/mol. The van der Waals surface area contributed by atoms with Crippen molar-refractivity contribution < 1.29 is 14.3 Å². The van der Waals surface area contributed by atoms with Crippen LogP contribution in [0.4, 0.5) is 0 Å². The van der Waals surface area contributed by atoms with Gasteiger partial charge >= 0.3 is 0 Å². The second kappa shape index (κ2) is 8.21. The zero-order valence-electron chi connectivity index (χ0n) is 19.1. The summed E-state index contributed by atoms with van der Waals surface area (Å²) in [5.74, 6) is 1.51. The van der Waals surface area contributed by atoms with Gasteiger partial charge in [0, 0.05) is 31.1 Å². The number of fused-ring (bicyclic) bond motifs is 2. The van der Waals surface area contributed by atoms with Crippen molar-refractivity contribution >= 4 is 16.9 Å². The van der Waals surface area contributed by atoms with Gasteiger partial charge in [-0.3, -0.25) is 4.79 Å². The molecule has 1 N–H and O–H groups in total. The first kappa shape index (κ1) is 21.2. The number of methoxy groups -OCH3 is 1. The van der Waals surface area contributed by atoms with Crippen molar-refractivity contribution in [1.29, 1.82) is 0 Å². The highest BCUT2D eigenvalue weighted by atomic mass is 16.5. The highest BCUT2D eigenvalue weighted by Gasteiger charge is 2.25. The summed E-state index contributed by atoms with van der Waals surface area (Å²) in [6.07, 6.45) is 1.79. The van der Waals surface area contributed by atoms with Gasteiger partial charge in [0.05, 0.1) is 25.1 Å². The molecule has 1 aliphatic rings. The Labute approximate surface area is 182 Å². The lowest BCUT2D eigenvalue weighted by molar-refractivity contribution is -0.122. The summed E-state index contributed by atoms with van der Waals surface area (Å²) in [7, 11) is 3.47. The molecule has 7 nitrogen and oxygen atoms in total. The Hall–Kier alpha value is -3.09. The number of carbonyl (C=O) groups excluding carboxylic acids is 1. The fourth-order valence-corrected chi connectivity index (χ4v) is 4.64. The van der Waals surface area contributed by atoms with Crippen LogP contribution in [-0.4, -0.2) is 34.4 Å². The van der Waals surface area contributed by atoms with Crippen LogP contribution in [0.3, 0.4) is 0 Å². The smallest absolute Gasteiger partial charge is 0.242 e. The van der Waals surface area contributed by atoms with Crippen LogP contribution in [0.5, 0.6) is 11.6 Å². The molecule has 0 saturated carbocycles. The number of hydrogen-bond donors (Lipinski definition) is 1. The number of pyridine rings is 1. The highest BCUT2D eigenvalue weighted by molar-refractivity contribution is 5.86. The molecule has 3 aromatic rings. The number of benzene rings is 1. The number of aryl methyl sites for hydroxylation is 5. The van der Waals surface area contributed by atoms with Gasteiger partial charge in [0.1, 0.15) is 5.75 Å². The number of nitrogens with zero attached hydrogens (tertiary/aromatic N) is 3. The third kappa shape index (κ3) is 3.84.